The van der Waals surface area contributed by atoms with Gasteiger partial charge >= 0.3 is 0 Å². The van der Waals surface area contributed by atoms with Crippen LogP contribution in [0.15, 0.2) is 29.2 Å². The van der Waals surface area contributed by atoms with E-state index >= 15 is 0 Å². The molecule has 2 rings (SSSR count). The summed E-state index contributed by atoms with van der Waals surface area (Å²) >= 11 is 0. The first-order chi connectivity index (χ1) is 8.47. The van der Waals surface area contributed by atoms with Gasteiger partial charge in [0.2, 0.25) is 10.0 Å². The summed E-state index contributed by atoms with van der Waals surface area (Å²) < 4.78 is 26.8. The molecule has 0 saturated heterocycles. The van der Waals surface area contributed by atoms with E-state index in [1.54, 1.807) is 18.2 Å². The molecule has 0 unspecified atom stereocenters. The van der Waals surface area contributed by atoms with Crippen molar-refractivity contribution in [2.75, 3.05) is 0 Å². The zero-order valence-electron chi connectivity index (χ0n) is 10.8. The number of sulfonamides is 1. The molecule has 0 heterocycles. The lowest BCUT2D eigenvalue weighted by Crippen LogP contribution is -2.26. The van der Waals surface area contributed by atoms with E-state index in [0.29, 0.717) is 17.5 Å². The summed E-state index contributed by atoms with van der Waals surface area (Å²) in [5, 5.41) is 3.28. The first kappa shape index (κ1) is 13.5. The van der Waals surface area contributed by atoms with Gasteiger partial charge in [-0.25, -0.2) is 13.1 Å². The topological polar surface area (TPSA) is 58.2 Å². The van der Waals surface area contributed by atoms with Crippen LogP contribution in [0.25, 0.3) is 0 Å². The Balaban J connectivity index is 2.10. The van der Waals surface area contributed by atoms with Crippen LogP contribution in [-0.2, 0) is 16.6 Å². The van der Waals surface area contributed by atoms with E-state index in [1.165, 1.54) is 0 Å². The maximum absolute atomic E-state index is 12.0. The monoisotopic (exact) mass is 268 g/mol. The first-order valence-electron chi connectivity index (χ1n) is 6.32. The summed E-state index contributed by atoms with van der Waals surface area (Å²) in [4.78, 5) is 0.359. The van der Waals surface area contributed by atoms with Crippen molar-refractivity contribution in [3.63, 3.8) is 0 Å². The highest BCUT2D eigenvalue weighted by Crippen LogP contribution is 2.22. The van der Waals surface area contributed by atoms with Crippen LogP contribution < -0.4 is 10.0 Å². The molecule has 1 aromatic carbocycles. The van der Waals surface area contributed by atoms with Gasteiger partial charge in [-0.1, -0.05) is 26.0 Å². The second-order valence-corrected chi connectivity index (χ2v) is 6.79. The number of benzene rings is 1. The zero-order valence-corrected chi connectivity index (χ0v) is 11.6. The molecule has 5 heteroatoms. The van der Waals surface area contributed by atoms with Crippen molar-refractivity contribution in [2.24, 2.45) is 0 Å². The van der Waals surface area contributed by atoms with Gasteiger partial charge in [0.1, 0.15) is 0 Å². The third kappa shape index (κ3) is 3.80. The average molecular weight is 268 g/mol. The van der Waals surface area contributed by atoms with Gasteiger partial charge in [-0.3, -0.25) is 0 Å². The molecule has 1 aromatic rings. The number of rotatable bonds is 6. The molecule has 0 amide bonds. The van der Waals surface area contributed by atoms with Crippen molar-refractivity contribution >= 4 is 10.0 Å². The molecule has 0 atom stereocenters. The van der Waals surface area contributed by atoms with E-state index in [0.717, 1.165) is 18.4 Å². The SMILES string of the molecule is CC(C)NCc1cccc(S(=O)(=O)NC2CC2)c1. The van der Waals surface area contributed by atoms with Crippen LogP contribution in [0.2, 0.25) is 0 Å². The molecule has 100 valence electrons. The fraction of sp³-hybridized carbons (Fsp3) is 0.538. The van der Waals surface area contributed by atoms with E-state index < -0.39 is 10.0 Å². The number of hydrogen-bond donors (Lipinski definition) is 2. The Morgan fingerprint density at radius 1 is 1.33 bits per heavy atom. The lowest BCUT2D eigenvalue weighted by Gasteiger charge is -2.10. The lowest BCUT2D eigenvalue weighted by atomic mass is 10.2. The molecular weight excluding hydrogens is 248 g/mol. The summed E-state index contributed by atoms with van der Waals surface area (Å²) in [7, 11) is -3.34. The van der Waals surface area contributed by atoms with E-state index in [9.17, 15) is 8.42 Å². The van der Waals surface area contributed by atoms with Gasteiger partial charge in [0, 0.05) is 18.6 Å². The van der Waals surface area contributed by atoms with E-state index in [1.807, 2.05) is 6.07 Å². The van der Waals surface area contributed by atoms with E-state index in [2.05, 4.69) is 23.9 Å². The second-order valence-electron chi connectivity index (χ2n) is 5.08. The van der Waals surface area contributed by atoms with Crippen LogP contribution in [0.1, 0.15) is 32.3 Å². The summed E-state index contributed by atoms with van der Waals surface area (Å²) in [6.45, 7) is 4.81. The van der Waals surface area contributed by atoms with Crippen molar-refractivity contribution in [1.82, 2.24) is 10.0 Å². The molecule has 4 nitrogen and oxygen atoms in total. The van der Waals surface area contributed by atoms with Crippen LogP contribution in [0.4, 0.5) is 0 Å². The fourth-order valence-electron chi connectivity index (χ4n) is 1.63. The standard InChI is InChI=1S/C13H20N2O2S/c1-10(2)14-9-11-4-3-5-13(8-11)18(16,17)15-12-6-7-12/h3-5,8,10,12,14-15H,6-7,9H2,1-2H3. The first-order valence-corrected chi connectivity index (χ1v) is 7.80. The molecule has 0 aromatic heterocycles. The summed E-state index contributed by atoms with van der Waals surface area (Å²) in [5.74, 6) is 0. The van der Waals surface area contributed by atoms with Crippen LogP contribution in [0, 0.1) is 0 Å². The quantitative estimate of drug-likeness (QED) is 0.824. The van der Waals surface area contributed by atoms with Gasteiger partial charge in [-0.15, -0.1) is 0 Å². The Morgan fingerprint density at radius 2 is 2.06 bits per heavy atom. The Kier molecular flexibility index (Phi) is 4.04. The minimum atomic E-state index is -3.34. The van der Waals surface area contributed by atoms with Crippen molar-refractivity contribution in [2.45, 2.75) is 50.2 Å². The highest BCUT2D eigenvalue weighted by atomic mass is 32.2. The average Bonchev–Trinajstić information content (AvgIpc) is 3.10. The Labute approximate surface area is 109 Å². The Morgan fingerprint density at radius 3 is 2.67 bits per heavy atom. The molecule has 1 aliphatic rings. The lowest BCUT2D eigenvalue weighted by molar-refractivity contribution is 0.578. The van der Waals surface area contributed by atoms with Crippen molar-refractivity contribution < 1.29 is 8.42 Å². The van der Waals surface area contributed by atoms with Crippen LogP contribution in [-0.4, -0.2) is 20.5 Å². The molecular formula is C13H20N2O2S. The molecule has 0 bridgehead atoms. The minimum Gasteiger partial charge on any atom is -0.310 e. The fourth-order valence-corrected chi connectivity index (χ4v) is 3.01. The van der Waals surface area contributed by atoms with Crippen LogP contribution >= 0.6 is 0 Å². The normalized spacial score (nSPS) is 16.2. The molecule has 18 heavy (non-hydrogen) atoms. The van der Waals surface area contributed by atoms with Crippen molar-refractivity contribution in [1.29, 1.82) is 0 Å². The molecule has 0 spiro atoms. The van der Waals surface area contributed by atoms with Gasteiger partial charge in [-0.2, -0.15) is 0 Å². The summed E-state index contributed by atoms with van der Waals surface area (Å²) in [5.41, 5.74) is 0.988. The Hall–Kier alpha value is -0.910. The third-order valence-corrected chi connectivity index (χ3v) is 4.34. The largest absolute Gasteiger partial charge is 0.310 e. The molecule has 1 fully saturated rings. The minimum absolute atomic E-state index is 0.146. The molecule has 1 aliphatic carbocycles. The summed E-state index contributed by atoms with van der Waals surface area (Å²) in [6, 6.07) is 7.64. The number of nitrogens with one attached hydrogen (secondary N) is 2. The van der Waals surface area contributed by atoms with Gasteiger partial charge in [-0.05, 0) is 30.5 Å². The van der Waals surface area contributed by atoms with Gasteiger partial charge in [0.25, 0.3) is 0 Å². The van der Waals surface area contributed by atoms with Gasteiger partial charge < -0.3 is 5.32 Å². The highest BCUT2D eigenvalue weighted by Gasteiger charge is 2.27. The number of hydrogen-bond acceptors (Lipinski definition) is 3. The summed E-state index contributed by atoms with van der Waals surface area (Å²) in [6.07, 6.45) is 1.90. The van der Waals surface area contributed by atoms with Crippen LogP contribution in [0.5, 0.6) is 0 Å². The molecule has 2 N–H and O–H groups in total. The van der Waals surface area contributed by atoms with Gasteiger partial charge in [0.05, 0.1) is 4.90 Å². The van der Waals surface area contributed by atoms with Crippen LogP contribution in [0.3, 0.4) is 0 Å². The van der Waals surface area contributed by atoms with Gasteiger partial charge in [0.15, 0.2) is 0 Å². The zero-order chi connectivity index (χ0) is 13.2. The maximum atomic E-state index is 12.0. The predicted molar refractivity (Wildman–Crippen MR) is 71.8 cm³/mol. The third-order valence-electron chi connectivity index (χ3n) is 2.82. The maximum Gasteiger partial charge on any atom is 0.240 e. The molecule has 1 saturated carbocycles. The van der Waals surface area contributed by atoms with Crippen molar-refractivity contribution in [3.8, 4) is 0 Å². The van der Waals surface area contributed by atoms with E-state index in [4.69, 9.17) is 0 Å². The second kappa shape index (κ2) is 5.38. The molecule has 0 radical (unpaired) electrons. The van der Waals surface area contributed by atoms with E-state index in [-0.39, 0.29) is 6.04 Å². The molecule has 0 aliphatic heterocycles. The smallest absolute Gasteiger partial charge is 0.240 e. The highest BCUT2D eigenvalue weighted by molar-refractivity contribution is 7.89. The van der Waals surface area contributed by atoms with Crippen molar-refractivity contribution in [3.05, 3.63) is 29.8 Å². The Bertz CT molecular complexity index is 507. The predicted octanol–water partition coefficient (Wildman–Crippen LogP) is 1.63.